The minimum atomic E-state index is -1.05. The largest absolute Gasteiger partial charge is 0.479 e. The molecule has 1 atom stereocenters. The number of benzene rings is 2. The molecule has 0 spiro atoms. The Labute approximate surface area is 138 Å². The van der Waals surface area contributed by atoms with Crippen molar-refractivity contribution in [3.05, 3.63) is 52.0 Å². The van der Waals surface area contributed by atoms with Gasteiger partial charge < -0.3 is 14.6 Å². The van der Waals surface area contributed by atoms with Gasteiger partial charge in [0.15, 0.2) is 11.9 Å². The number of rotatable bonds is 5. The smallest absolute Gasteiger partial charge is 0.344 e. The van der Waals surface area contributed by atoms with Crippen LogP contribution in [0.15, 0.2) is 36.4 Å². The zero-order valence-corrected chi connectivity index (χ0v) is 13.5. The molecule has 0 aromatic heterocycles. The molecule has 6 heteroatoms. The lowest BCUT2D eigenvalue weighted by Crippen LogP contribution is -2.22. The van der Waals surface area contributed by atoms with Crippen LogP contribution < -0.4 is 9.47 Å². The van der Waals surface area contributed by atoms with E-state index in [1.807, 2.05) is 6.92 Å². The summed E-state index contributed by atoms with van der Waals surface area (Å²) < 4.78 is 11.0. The van der Waals surface area contributed by atoms with Gasteiger partial charge in [-0.15, -0.1) is 0 Å². The van der Waals surface area contributed by atoms with Crippen molar-refractivity contribution in [2.24, 2.45) is 0 Å². The molecule has 0 amide bonds. The van der Waals surface area contributed by atoms with Crippen LogP contribution in [-0.2, 0) is 4.79 Å². The number of hydrogen-bond donors (Lipinski definition) is 1. The molecule has 1 unspecified atom stereocenters. The van der Waals surface area contributed by atoms with Gasteiger partial charge >= 0.3 is 5.97 Å². The fourth-order valence-corrected chi connectivity index (χ4v) is 2.16. The van der Waals surface area contributed by atoms with Crippen LogP contribution in [0.2, 0.25) is 10.0 Å². The highest BCUT2D eigenvalue weighted by atomic mass is 35.5. The van der Waals surface area contributed by atoms with Crippen molar-refractivity contribution in [3.8, 4) is 17.2 Å². The summed E-state index contributed by atoms with van der Waals surface area (Å²) in [5, 5.41) is 9.68. The molecule has 0 aliphatic carbocycles. The van der Waals surface area contributed by atoms with Crippen molar-refractivity contribution in [3.63, 3.8) is 0 Å². The summed E-state index contributed by atoms with van der Waals surface area (Å²) in [5.41, 5.74) is 0.841. The summed E-state index contributed by atoms with van der Waals surface area (Å²) in [6.45, 7) is 3.30. The Kier molecular flexibility index (Phi) is 5.16. The van der Waals surface area contributed by atoms with Crippen LogP contribution in [0.1, 0.15) is 12.5 Å². The third-order valence-electron chi connectivity index (χ3n) is 2.93. The number of aryl methyl sites for hydroxylation is 1. The van der Waals surface area contributed by atoms with E-state index in [1.165, 1.54) is 6.92 Å². The predicted molar refractivity (Wildman–Crippen MR) is 85.4 cm³/mol. The van der Waals surface area contributed by atoms with Gasteiger partial charge in [0, 0.05) is 6.07 Å². The second kappa shape index (κ2) is 6.90. The fraction of sp³-hybridized carbons (Fsp3) is 0.188. The van der Waals surface area contributed by atoms with Crippen molar-refractivity contribution in [2.75, 3.05) is 0 Å². The third-order valence-corrected chi connectivity index (χ3v) is 3.70. The molecule has 2 aromatic rings. The summed E-state index contributed by atoms with van der Waals surface area (Å²) in [6.07, 6.45) is -0.957. The molecule has 1 N–H and O–H groups in total. The molecule has 0 fully saturated rings. The van der Waals surface area contributed by atoms with E-state index in [-0.39, 0.29) is 0 Å². The van der Waals surface area contributed by atoms with E-state index in [9.17, 15) is 4.79 Å². The van der Waals surface area contributed by atoms with E-state index in [1.54, 1.807) is 36.4 Å². The lowest BCUT2D eigenvalue weighted by Gasteiger charge is -2.14. The number of aliphatic carboxylic acids is 1. The molecule has 4 nitrogen and oxygen atoms in total. The molecule has 0 aliphatic heterocycles. The van der Waals surface area contributed by atoms with Crippen molar-refractivity contribution in [1.29, 1.82) is 0 Å². The van der Waals surface area contributed by atoms with Gasteiger partial charge in [0.2, 0.25) is 0 Å². The fourth-order valence-electron chi connectivity index (χ4n) is 1.71. The Bertz CT molecular complexity index is 701. The molecule has 0 heterocycles. The number of halogens is 2. The van der Waals surface area contributed by atoms with Crippen LogP contribution in [0, 0.1) is 6.92 Å². The van der Waals surface area contributed by atoms with Gasteiger partial charge in [-0.3, -0.25) is 0 Å². The second-order valence-electron chi connectivity index (χ2n) is 4.68. The lowest BCUT2D eigenvalue weighted by molar-refractivity contribution is -0.144. The number of carboxylic acid groups (broad SMARTS) is 1. The zero-order valence-electron chi connectivity index (χ0n) is 12.0. The molecule has 22 heavy (non-hydrogen) atoms. The summed E-state index contributed by atoms with van der Waals surface area (Å²) >= 11 is 12.3. The Morgan fingerprint density at radius 3 is 2.55 bits per heavy atom. The minimum Gasteiger partial charge on any atom is -0.479 e. The summed E-state index contributed by atoms with van der Waals surface area (Å²) in [4.78, 5) is 10.8. The highest BCUT2D eigenvalue weighted by Gasteiger charge is 2.14. The van der Waals surface area contributed by atoms with Crippen molar-refractivity contribution >= 4 is 29.2 Å². The normalized spacial score (nSPS) is 11.8. The van der Waals surface area contributed by atoms with Gasteiger partial charge in [-0.25, -0.2) is 4.79 Å². The molecule has 0 saturated heterocycles. The number of carboxylic acids is 1. The van der Waals surface area contributed by atoms with E-state index in [0.717, 1.165) is 5.56 Å². The van der Waals surface area contributed by atoms with E-state index in [4.69, 9.17) is 37.8 Å². The van der Waals surface area contributed by atoms with Crippen LogP contribution in [0.5, 0.6) is 17.2 Å². The van der Waals surface area contributed by atoms with E-state index >= 15 is 0 Å². The van der Waals surface area contributed by atoms with Gasteiger partial charge in [-0.1, -0.05) is 35.3 Å². The van der Waals surface area contributed by atoms with Gasteiger partial charge in [-0.2, -0.15) is 0 Å². The van der Waals surface area contributed by atoms with Crippen LogP contribution >= 0.6 is 23.2 Å². The Morgan fingerprint density at radius 2 is 1.86 bits per heavy atom. The van der Waals surface area contributed by atoms with E-state index in [0.29, 0.717) is 27.3 Å². The molecule has 2 aromatic carbocycles. The minimum absolute atomic E-state index is 0.353. The van der Waals surface area contributed by atoms with Crippen LogP contribution in [-0.4, -0.2) is 17.2 Å². The van der Waals surface area contributed by atoms with Crippen molar-refractivity contribution in [2.45, 2.75) is 20.0 Å². The summed E-state index contributed by atoms with van der Waals surface area (Å²) in [6, 6.07) is 10.1. The molecule has 0 bridgehead atoms. The zero-order chi connectivity index (χ0) is 16.3. The maximum Gasteiger partial charge on any atom is 0.344 e. The monoisotopic (exact) mass is 340 g/mol. The van der Waals surface area contributed by atoms with Gasteiger partial charge in [0.1, 0.15) is 11.5 Å². The maximum absolute atomic E-state index is 10.8. The first-order valence-corrected chi connectivity index (χ1v) is 7.26. The quantitative estimate of drug-likeness (QED) is 0.836. The second-order valence-corrected chi connectivity index (χ2v) is 5.47. The Hall–Kier alpha value is -1.91. The van der Waals surface area contributed by atoms with Gasteiger partial charge in [0.05, 0.1) is 10.0 Å². The summed E-state index contributed by atoms with van der Waals surface area (Å²) in [5.74, 6) is 0.139. The third kappa shape index (κ3) is 3.84. The van der Waals surface area contributed by atoms with Gasteiger partial charge in [-0.05, 0) is 37.6 Å². The average molecular weight is 341 g/mol. The number of ether oxygens (including phenoxy) is 2. The highest BCUT2D eigenvalue weighted by molar-refractivity contribution is 6.37. The molecule has 2 rings (SSSR count). The molecule has 0 aliphatic rings. The topological polar surface area (TPSA) is 55.8 Å². The first-order valence-electron chi connectivity index (χ1n) is 6.50. The summed E-state index contributed by atoms with van der Waals surface area (Å²) in [7, 11) is 0. The Morgan fingerprint density at radius 1 is 1.18 bits per heavy atom. The first-order chi connectivity index (χ1) is 10.4. The standard InChI is InChI=1S/C16H14Cl2O4/c1-9-6-7-13(17)15(14(9)18)22-12-5-3-4-11(8-12)21-10(2)16(19)20/h3-8,10H,1-2H3,(H,19,20). The van der Waals surface area contributed by atoms with E-state index < -0.39 is 12.1 Å². The van der Waals surface area contributed by atoms with Crippen LogP contribution in [0.4, 0.5) is 0 Å². The van der Waals surface area contributed by atoms with Crippen LogP contribution in [0.3, 0.4) is 0 Å². The molecule has 0 saturated carbocycles. The van der Waals surface area contributed by atoms with Crippen molar-refractivity contribution in [1.82, 2.24) is 0 Å². The first kappa shape index (κ1) is 16.5. The molecule has 116 valence electrons. The maximum atomic E-state index is 10.8. The number of hydrogen-bond acceptors (Lipinski definition) is 3. The Balaban J connectivity index is 2.24. The van der Waals surface area contributed by atoms with E-state index in [2.05, 4.69) is 0 Å². The molecular weight excluding hydrogens is 327 g/mol. The SMILES string of the molecule is Cc1ccc(Cl)c(Oc2cccc(OC(C)C(=O)O)c2)c1Cl. The molecular formula is C16H14Cl2O4. The predicted octanol–water partition coefficient (Wildman–Crippen LogP) is 4.95. The lowest BCUT2D eigenvalue weighted by atomic mass is 10.2. The average Bonchev–Trinajstić information content (AvgIpc) is 2.48. The van der Waals surface area contributed by atoms with Crippen molar-refractivity contribution < 1.29 is 19.4 Å². The number of carbonyl (C=O) groups is 1. The van der Waals surface area contributed by atoms with Gasteiger partial charge in [0.25, 0.3) is 0 Å². The van der Waals surface area contributed by atoms with Crippen LogP contribution in [0.25, 0.3) is 0 Å². The highest BCUT2D eigenvalue weighted by Crippen LogP contribution is 2.38. The molecule has 0 radical (unpaired) electrons.